The van der Waals surface area contributed by atoms with Crippen LogP contribution in [0.2, 0.25) is 0 Å². The van der Waals surface area contributed by atoms with E-state index in [9.17, 15) is 4.79 Å². The molecule has 0 spiro atoms. The van der Waals surface area contributed by atoms with E-state index in [0.29, 0.717) is 0 Å². The van der Waals surface area contributed by atoms with Gasteiger partial charge in [-0.2, -0.15) is 0 Å². The molecule has 0 radical (unpaired) electrons. The normalized spacial score (nSPS) is 15.2. The highest BCUT2D eigenvalue weighted by Gasteiger charge is 2.18. The minimum Gasteiger partial charge on any atom is -0.339 e. The molecule has 1 amide bonds. The van der Waals surface area contributed by atoms with Crippen molar-refractivity contribution in [1.29, 1.82) is 0 Å². The third-order valence-corrected chi connectivity index (χ3v) is 5.07. The SMILES string of the molecule is CCc1nc2cccnc2n1-c1ccc(C(=O)N2CCCCCC2)cc1. The topological polar surface area (TPSA) is 51.0 Å². The molecule has 0 saturated carbocycles. The number of aromatic nitrogens is 3. The molecule has 1 fully saturated rings. The predicted molar refractivity (Wildman–Crippen MR) is 103 cm³/mol. The van der Waals surface area contributed by atoms with E-state index in [0.717, 1.165) is 60.6 Å². The maximum absolute atomic E-state index is 12.8. The minimum absolute atomic E-state index is 0.141. The summed E-state index contributed by atoms with van der Waals surface area (Å²) in [6.07, 6.45) is 7.28. The molecule has 0 N–H and O–H groups in total. The number of rotatable bonds is 3. The number of carbonyl (C=O) groups excluding carboxylic acids is 1. The van der Waals surface area contributed by atoms with Crippen LogP contribution in [0.15, 0.2) is 42.6 Å². The Morgan fingerprint density at radius 1 is 1.04 bits per heavy atom. The lowest BCUT2D eigenvalue weighted by Gasteiger charge is -2.20. The van der Waals surface area contributed by atoms with Crippen LogP contribution in [0.1, 0.15) is 48.8 Å². The number of pyridine rings is 1. The van der Waals surface area contributed by atoms with E-state index in [4.69, 9.17) is 0 Å². The van der Waals surface area contributed by atoms with Crippen LogP contribution in [0, 0.1) is 0 Å². The lowest BCUT2D eigenvalue weighted by atomic mass is 10.1. The molecule has 5 heteroatoms. The monoisotopic (exact) mass is 348 g/mol. The van der Waals surface area contributed by atoms with Gasteiger partial charge in [-0.25, -0.2) is 9.97 Å². The lowest BCUT2D eigenvalue weighted by Crippen LogP contribution is -2.31. The smallest absolute Gasteiger partial charge is 0.253 e. The fraction of sp³-hybridized carbons (Fsp3) is 0.381. The Hall–Kier alpha value is -2.69. The van der Waals surface area contributed by atoms with Crippen molar-refractivity contribution < 1.29 is 4.79 Å². The zero-order chi connectivity index (χ0) is 17.9. The number of aryl methyl sites for hydroxylation is 1. The van der Waals surface area contributed by atoms with Crippen molar-refractivity contribution in [3.8, 4) is 5.69 Å². The molecule has 4 rings (SSSR count). The van der Waals surface area contributed by atoms with Crippen LogP contribution in [-0.4, -0.2) is 38.4 Å². The molecule has 5 nitrogen and oxygen atoms in total. The molecule has 1 aliphatic heterocycles. The third kappa shape index (κ3) is 3.09. The van der Waals surface area contributed by atoms with Crippen molar-refractivity contribution in [2.45, 2.75) is 39.0 Å². The summed E-state index contributed by atoms with van der Waals surface area (Å²) < 4.78 is 2.08. The predicted octanol–water partition coefficient (Wildman–Crippen LogP) is 4.00. The number of hydrogen-bond donors (Lipinski definition) is 0. The zero-order valence-corrected chi connectivity index (χ0v) is 15.2. The first-order valence-electron chi connectivity index (χ1n) is 9.50. The second-order valence-corrected chi connectivity index (χ2v) is 6.82. The number of hydrogen-bond acceptors (Lipinski definition) is 3. The van der Waals surface area contributed by atoms with Crippen molar-refractivity contribution in [2.75, 3.05) is 13.1 Å². The first kappa shape index (κ1) is 16.8. The van der Waals surface area contributed by atoms with Gasteiger partial charge in [0.1, 0.15) is 11.3 Å². The average Bonchev–Trinajstić information content (AvgIpc) is 2.85. The van der Waals surface area contributed by atoms with Crippen molar-refractivity contribution in [3.63, 3.8) is 0 Å². The van der Waals surface area contributed by atoms with Crippen molar-refractivity contribution in [3.05, 3.63) is 54.0 Å². The number of likely N-dealkylation sites (tertiary alicyclic amines) is 1. The summed E-state index contributed by atoms with van der Waals surface area (Å²) in [7, 11) is 0. The summed E-state index contributed by atoms with van der Waals surface area (Å²) >= 11 is 0. The molecule has 3 aromatic rings. The van der Waals surface area contributed by atoms with Gasteiger partial charge in [0.25, 0.3) is 5.91 Å². The van der Waals surface area contributed by atoms with E-state index in [2.05, 4.69) is 21.5 Å². The molecule has 1 aliphatic rings. The van der Waals surface area contributed by atoms with Crippen LogP contribution in [0.4, 0.5) is 0 Å². The van der Waals surface area contributed by atoms with Crippen LogP contribution in [-0.2, 0) is 6.42 Å². The largest absolute Gasteiger partial charge is 0.339 e. The molecule has 0 unspecified atom stereocenters. The molecule has 0 bridgehead atoms. The van der Waals surface area contributed by atoms with Crippen molar-refractivity contribution in [1.82, 2.24) is 19.4 Å². The number of fused-ring (bicyclic) bond motifs is 1. The summed E-state index contributed by atoms with van der Waals surface area (Å²) in [6, 6.07) is 11.7. The van der Waals surface area contributed by atoms with E-state index in [1.54, 1.807) is 6.20 Å². The Labute approximate surface area is 153 Å². The van der Waals surface area contributed by atoms with E-state index in [1.807, 2.05) is 41.3 Å². The lowest BCUT2D eigenvalue weighted by molar-refractivity contribution is 0.0761. The number of imidazole rings is 1. The maximum Gasteiger partial charge on any atom is 0.253 e. The first-order chi connectivity index (χ1) is 12.8. The van der Waals surface area contributed by atoms with Crippen LogP contribution in [0.25, 0.3) is 16.9 Å². The Kier molecular flexibility index (Phi) is 4.69. The molecule has 1 saturated heterocycles. The second-order valence-electron chi connectivity index (χ2n) is 6.82. The highest BCUT2D eigenvalue weighted by molar-refractivity contribution is 5.94. The van der Waals surface area contributed by atoms with Gasteiger partial charge in [0, 0.05) is 37.0 Å². The van der Waals surface area contributed by atoms with E-state index < -0.39 is 0 Å². The molecule has 2 aromatic heterocycles. The Bertz CT molecular complexity index is 905. The van der Waals surface area contributed by atoms with Gasteiger partial charge in [-0.05, 0) is 49.2 Å². The molecular formula is C21H24N4O. The minimum atomic E-state index is 0.141. The molecule has 1 aromatic carbocycles. The fourth-order valence-corrected chi connectivity index (χ4v) is 3.68. The maximum atomic E-state index is 12.8. The van der Waals surface area contributed by atoms with Crippen LogP contribution in [0.3, 0.4) is 0 Å². The summed E-state index contributed by atoms with van der Waals surface area (Å²) in [6.45, 7) is 3.84. The Balaban J connectivity index is 1.65. The summed E-state index contributed by atoms with van der Waals surface area (Å²) in [5, 5.41) is 0. The summed E-state index contributed by atoms with van der Waals surface area (Å²) in [5.41, 5.74) is 3.51. The van der Waals surface area contributed by atoms with Gasteiger partial charge in [-0.15, -0.1) is 0 Å². The molecule has 3 heterocycles. The third-order valence-electron chi connectivity index (χ3n) is 5.07. The van der Waals surface area contributed by atoms with Crippen LogP contribution in [0.5, 0.6) is 0 Å². The first-order valence-corrected chi connectivity index (χ1v) is 9.50. The van der Waals surface area contributed by atoms with Gasteiger partial charge in [-0.1, -0.05) is 19.8 Å². The van der Waals surface area contributed by atoms with Gasteiger partial charge in [-0.3, -0.25) is 9.36 Å². The van der Waals surface area contributed by atoms with Crippen molar-refractivity contribution in [2.24, 2.45) is 0 Å². The van der Waals surface area contributed by atoms with Gasteiger partial charge >= 0.3 is 0 Å². The number of amides is 1. The molecule has 134 valence electrons. The van der Waals surface area contributed by atoms with Gasteiger partial charge in [0.15, 0.2) is 5.65 Å². The van der Waals surface area contributed by atoms with E-state index in [1.165, 1.54) is 12.8 Å². The van der Waals surface area contributed by atoms with E-state index in [-0.39, 0.29) is 5.91 Å². The zero-order valence-electron chi connectivity index (χ0n) is 15.2. The van der Waals surface area contributed by atoms with Gasteiger partial charge in [0.2, 0.25) is 0 Å². The average molecular weight is 348 g/mol. The highest BCUT2D eigenvalue weighted by atomic mass is 16.2. The Morgan fingerprint density at radius 3 is 2.46 bits per heavy atom. The van der Waals surface area contributed by atoms with Crippen molar-refractivity contribution >= 4 is 17.1 Å². The van der Waals surface area contributed by atoms with Gasteiger partial charge < -0.3 is 4.90 Å². The number of carbonyl (C=O) groups is 1. The standard InChI is InChI=1S/C21H24N4O/c1-2-19-23-18-8-7-13-22-20(18)25(19)17-11-9-16(10-12-17)21(26)24-14-5-3-4-6-15-24/h7-13H,2-6,14-15H2,1H3. The summed E-state index contributed by atoms with van der Waals surface area (Å²) in [4.78, 5) is 23.9. The number of nitrogens with zero attached hydrogens (tertiary/aromatic N) is 4. The van der Waals surface area contributed by atoms with Crippen LogP contribution >= 0.6 is 0 Å². The fourth-order valence-electron chi connectivity index (χ4n) is 3.68. The highest BCUT2D eigenvalue weighted by Crippen LogP contribution is 2.21. The molecule has 0 aliphatic carbocycles. The quantitative estimate of drug-likeness (QED) is 0.719. The second kappa shape index (κ2) is 7.28. The molecule has 26 heavy (non-hydrogen) atoms. The van der Waals surface area contributed by atoms with Gasteiger partial charge in [0.05, 0.1) is 0 Å². The molecule has 0 atom stereocenters. The molecular weight excluding hydrogens is 324 g/mol. The van der Waals surface area contributed by atoms with Crippen LogP contribution < -0.4 is 0 Å². The number of benzene rings is 1. The van der Waals surface area contributed by atoms with E-state index >= 15 is 0 Å². The Morgan fingerprint density at radius 2 is 1.77 bits per heavy atom. The summed E-state index contributed by atoms with van der Waals surface area (Å²) in [5.74, 6) is 1.12.